The summed E-state index contributed by atoms with van der Waals surface area (Å²) in [7, 11) is 0. The van der Waals surface area contributed by atoms with Crippen LogP contribution in [0.1, 0.15) is 27.2 Å². The van der Waals surface area contributed by atoms with Crippen molar-refractivity contribution in [1.29, 1.82) is 0 Å². The molecule has 2 rings (SSSR count). The summed E-state index contributed by atoms with van der Waals surface area (Å²) < 4.78 is 0. The zero-order valence-electron chi connectivity index (χ0n) is 11.1. The van der Waals surface area contributed by atoms with Crippen LogP contribution in [0.5, 0.6) is 0 Å². The van der Waals surface area contributed by atoms with Crippen LogP contribution in [-0.2, 0) is 5.75 Å². The molecule has 6 heteroatoms. The van der Waals surface area contributed by atoms with Gasteiger partial charge in [-0.25, -0.2) is 9.78 Å². The van der Waals surface area contributed by atoms with Crippen molar-refractivity contribution in [3.05, 3.63) is 57.0 Å². The van der Waals surface area contributed by atoms with Crippen molar-refractivity contribution < 1.29 is 9.90 Å². The summed E-state index contributed by atoms with van der Waals surface area (Å²) in [6.07, 6.45) is 0. The quantitative estimate of drug-likeness (QED) is 0.667. The molecule has 0 aliphatic rings. The highest BCUT2D eigenvalue weighted by atomic mass is 32.2. The Morgan fingerprint density at radius 3 is 2.70 bits per heavy atom. The molecule has 0 saturated carbocycles. The number of carboxylic acid groups (broad SMARTS) is 1. The molecule has 5 nitrogen and oxygen atoms in total. The fourth-order valence-electron chi connectivity index (χ4n) is 1.69. The van der Waals surface area contributed by atoms with Crippen LogP contribution >= 0.6 is 11.8 Å². The van der Waals surface area contributed by atoms with Crippen LogP contribution < -0.4 is 5.56 Å². The van der Waals surface area contributed by atoms with Gasteiger partial charge in [0, 0.05) is 17.0 Å². The third-order valence-corrected chi connectivity index (χ3v) is 3.91. The third-order valence-electron chi connectivity index (χ3n) is 2.99. The molecule has 20 heavy (non-hydrogen) atoms. The van der Waals surface area contributed by atoms with Crippen LogP contribution in [0.4, 0.5) is 0 Å². The van der Waals surface area contributed by atoms with E-state index in [-0.39, 0.29) is 11.1 Å². The van der Waals surface area contributed by atoms with Crippen LogP contribution in [-0.4, -0.2) is 21.0 Å². The predicted octanol–water partition coefficient (Wildman–Crippen LogP) is 2.38. The molecule has 0 atom stereocenters. The fourth-order valence-corrected chi connectivity index (χ4v) is 2.60. The maximum atomic E-state index is 11.6. The zero-order valence-corrected chi connectivity index (χ0v) is 12.0. The van der Waals surface area contributed by atoms with Gasteiger partial charge >= 0.3 is 5.97 Å². The average molecular weight is 290 g/mol. The number of aryl methyl sites for hydroxylation is 1. The van der Waals surface area contributed by atoms with Gasteiger partial charge in [-0.15, -0.1) is 0 Å². The van der Waals surface area contributed by atoms with Crippen molar-refractivity contribution in [2.24, 2.45) is 0 Å². The summed E-state index contributed by atoms with van der Waals surface area (Å²) in [6, 6.07) is 6.80. The van der Waals surface area contributed by atoms with Gasteiger partial charge in [-0.05, 0) is 25.5 Å². The van der Waals surface area contributed by atoms with Gasteiger partial charge in [0.25, 0.3) is 5.56 Å². The van der Waals surface area contributed by atoms with E-state index in [0.29, 0.717) is 27.7 Å². The number of carbonyl (C=O) groups is 1. The number of carboxylic acids is 1. The molecule has 0 aliphatic carbocycles. The normalized spacial score (nSPS) is 10.5. The molecular weight excluding hydrogens is 276 g/mol. The highest BCUT2D eigenvalue weighted by Crippen LogP contribution is 2.21. The van der Waals surface area contributed by atoms with E-state index in [4.69, 9.17) is 5.11 Å². The van der Waals surface area contributed by atoms with E-state index in [1.807, 2.05) is 0 Å². The van der Waals surface area contributed by atoms with Crippen LogP contribution in [0.15, 0.2) is 34.2 Å². The van der Waals surface area contributed by atoms with E-state index in [9.17, 15) is 9.59 Å². The van der Waals surface area contributed by atoms with Crippen molar-refractivity contribution in [3.8, 4) is 0 Å². The van der Waals surface area contributed by atoms with E-state index >= 15 is 0 Å². The summed E-state index contributed by atoms with van der Waals surface area (Å²) in [5.74, 6) is -0.517. The van der Waals surface area contributed by atoms with Crippen molar-refractivity contribution in [1.82, 2.24) is 9.97 Å². The molecule has 1 heterocycles. The minimum absolute atomic E-state index is 0.161. The Balaban J connectivity index is 2.21. The highest BCUT2D eigenvalue weighted by molar-refractivity contribution is 7.98. The van der Waals surface area contributed by atoms with E-state index in [1.165, 1.54) is 11.8 Å². The summed E-state index contributed by atoms with van der Waals surface area (Å²) in [5, 5.41) is 9.60. The third kappa shape index (κ3) is 3.08. The molecule has 0 spiro atoms. The average Bonchev–Trinajstić information content (AvgIpc) is 2.42. The van der Waals surface area contributed by atoms with Crippen molar-refractivity contribution in [3.63, 3.8) is 0 Å². The number of hydrogen-bond donors (Lipinski definition) is 2. The molecule has 1 aromatic heterocycles. The molecule has 2 aromatic rings. The molecule has 2 N–H and O–H groups in total. The Bertz CT molecular complexity index is 710. The lowest BCUT2D eigenvalue weighted by Gasteiger charge is -2.06. The van der Waals surface area contributed by atoms with Gasteiger partial charge in [-0.3, -0.25) is 4.79 Å². The molecule has 0 radical (unpaired) electrons. The smallest absolute Gasteiger partial charge is 0.335 e. The SMILES string of the molecule is Cc1nc(SCc2ccccc2C(=O)O)[nH]c(=O)c1C. The molecule has 0 fully saturated rings. The topological polar surface area (TPSA) is 83.0 Å². The Morgan fingerprint density at radius 1 is 1.35 bits per heavy atom. The lowest BCUT2D eigenvalue weighted by molar-refractivity contribution is 0.0696. The predicted molar refractivity (Wildman–Crippen MR) is 77.3 cm³/mol. The second kappa shape index (κ2) is 5.92. The van der Waals surface area contributed by atoms with Crippen LogP contribution in [0.2, 0.25) is 0 Å². The maximum Gasteiger partial charge on any atom is 0.335 e. The minimum Gasteiger partial charge on any atom is -0.478 e. The number of H-pyrrole nitrogens is 1. The number of rotatable bonds is 4. The first-order valence-corrected chi connectivity index (χ1v) is 6.99. The summed E-state index contributed by atoms with van der Waals surface area (Å²) in [4.78, 5) is 29.7. The second-order valence-electron chi connectivity index (χ2n) is 4.33. The molecule has 104 valence electrons. The number of benzene rings is 1. The van der Waals surface area contributed by atoms with Crippen molar-refractivity contribution in [2.75, 3.05) is 0 Å². The van der Waals surface area contributed by atoms with Gasteiger partial charge in [0.15, 0.2) is 5.16 Å². The fraction of sp³-hybridized carbons (Fsp3) is 0.214. The monoisotopic (exact) mass is 290 g/mol. The van der Waals surface area contributed by atoms with Crippen LogP contribution in [0, 0.1) is 13.8 Å². The molecule has 0 saturated heterocycles. The highest BCUT2D eigenvalue weighted by Gasteiger charge is 2.10. The molecular formula is C14H14N2O3S. The van der Waals surface area contributed by atoms with Crippen LogP contribution in [0.25, 0.3) is 0 Å². The van der Waals surface area contributed by atoms with Crippen LogP contribution in [0.3, 0.4) is 0 Å². The molecule has 1 aromatic carbocycles. The summed E-state index contributed by atoms with van der Waals surface area (Å²) in [5.41, 5.74) is 2.09. The second-order valence-corrected chi connectivity index (χ2v) is 5.30. The van der Waals surface area contributed by atoms with Crippen molar-refractivity contribution in [2.45, 2.75) is 24.8 Å². The first kappa shape index (κ1) is 14.3. The molecule has 0 unspecified atom stereocenters. The van der Waals surface area contributed by atoms with Gasteiger partial charge < -0.3 is 10.1 Å². The molecule has 0 bridgehead atoms. The molecule has 0 amide bonds. The Labute approximate surface area is 120 Å². The van der Waals surface area contributed by atoms with Gasteiger partial charge in [0.05, 0.1) is 5.56 Å². The molecule has 0 aliphatic heterocycles. The first-order chi connectivity index (χ1) is 9.49. The lowest BCUT2D eigenvalue weighted by atomic mass is 10.1. The van der Waals surface area contributed by atoms with E-state index in [0.717, 1.165) is 0 Å². The number of hydrogen-bond acceptors (Lipinski definition) is 4. The zero-order chi connectivity index (χ0) is 14.7. The number of aromatic nitrogens is 2. The maximum absolute atomic E-state index is 11.6. The lowest BCUT2D eigenvalue weighted by Crippen LogP contribution is -2.14. The van der Waals surface area contributed by atoms with Gasteiger partial charge in [-0.1, -0.05) is 30.0 Å². The Hall–Kier alpha value is -2.08. The standard InChI is InChI=1S/C14H14N2O3S/c1-8-9(2)15-14(16-12(8)17)20-7-10-5-3-4-6-11(10)13(18)19/h3-6H,7H2,1-2H3,(H,18,19)(H,15,16,17). The van der Waals surface area contributed by atoms with Gasteiger partial charge in [0.1, 0.15) is 0 Å². The summed E-state index contributed by atoms with van der Waals surface area (Å²) in [6.45, 7) is 3.50. The number of nitrogens with one attached hydrogen (secondary N) is 1. The summed E-state index contributed by atoms with van der Waals surface area (Å²) >= 11 is 1.31. The van der Waals surface area contributed by atoms with E-state index in [1.54, 1.807) is 38.1 Å². The van der Waals surface area contributed by atoms with E-state index < -0.39 is 5.97 Å². The number of aromatic carboxylic acids is 1. The van der Waals surface area contributed by atoms with Gasteiger partial charge in [0.2, 0.25) is 0 Å². The van der Waals surface area contributed by atoms with E-state index in [2.05, 4.69) is 9.97 Å². The Morgan fingerprint density at radius 2 is 2.05 bits per heavy atom. The number of thioether (sulfide) groups is 1. The van der Waals surface area contributed by atoms with Gasteiger partial charge in [-0.2, -0.15) is 0 Å². The number of nitrogens with zero attached hydrogens (tertiary/aromatic N) is 1. The number of aromatic amines is 1. The van der Waals surface area contributed by atoms with Crippen molar-refractivity contribution >= 4 is 17.7 Å². The Kier molecular flexibility index (Phi) is 4.24. The first-order valence-electron chi connectivity index (χ1n) is 6.00. The minimum atomic E-state index is -0.956. The largest absolute Gasteiger partial charge is 0.478 e.